The average molecular weight is 212 g/mol. The van der Waals surface area contributed by atoms with Gasteiger partial charge in [0.1, 0.15) is 0 Å². The molecule has 84 valence electrons. The molecule has 0 radical (unpaired) electrons. The molecule has 0 heterocycles. The van der Waals surface area contributed by atoms with Gasteiger partial charge in [0.25, 0.3) is 0 Å². The average Bonchev–Trinajstić information content (AvgIpc) is 2.16. The van der Waals surface area contributed by atoms with Crippen molar-refractivity contribution in [1.82, 2.24) is 10.2 Å². The number of nitrogens with zero attached hydrogens (tertiary/aromatic N) is 1. The van der Waals surface area contributed by atoms with Gasteiger partial charge in [-0.15, -0.1) is 0 Å². The molecule has 0 fully saturated rings. The number of ether oxygens (including phenoxy) is 1. The van der Waals surface area contributed by atoms with E-state index in [1.165, 1.54) is 0 Å². The number of hydrogen-bond donors (Lipinski definition) is 1. The van der Waals surface area contributed by atoms with Gasteiger partial charge in [-0.25, -0.2) is 4.79 Å². The van der Waals surface area contributed by atoms with Crippen LogP contribution in [0.15, 0.2) is 25.3 Å². The van der Waals surface area contributed by atoms with E-state index in [4.69, 9.17) is 4.74 Å². The normalized spacial score (nSPS) is 11.7. The molecule has 1 N–H and O–H groups in total. The number of carbonyl (C=O) groups is 2. The van der Waals surface area contributed by atoms with Crippen molar-refractivity contribution in [2.75, 3.05) is 20.6 Å². The first-order chi connectivity index (χ1) is 6.99. The van der Waals surface area contributed by atoms with Gasteiger partial charge in [0.2, 0.25) is 5.91 Å². The monoisotopic (exact) mass is 212 g/mol. The first kappa shape index (κ1) is 13.4. The SMILES string of the molecule is C=CC(=O)NC(CN(C)C)OC(=O)C=C. The molecule has 0 spiro atoms. The third-order valence-electron chi connectivity index (χ3n) is 1.44. The number of esters is 1. The first-order valence-corrected chi connectivity index (χ1v) is 4.40. The van der Waals surface area contributed by atoms with Crippen LogP contribution < -0.4 is 5.32 Å². The van der Waals surface area contributed by atoms with Crippen LogP contribution in [0.1, 0.15) is 0 Å². The molecule has 15 heavy (non-hydrogen) atoms. The maximum Gasteiger partial charge on any atom is 0.332 e. The Hall–Kier alpha value is -1.62. The number of nitrogens with one attached hydrogen (secondary N) is 1. The van der Waals surface area contributed by atoms with Crippen molar-refractivity contribution in [1.29, 1.82) is 0 Å². The van der Waals surface area contributed by atoms with Gasteiger partial charge in [-0.05, 0) is 20.2 Å². The molecule has 0 aromatic carbocycles. The fourth-order valence-electron chi connectivity index (χ4n) is 0.850. The van der Waals surface area contributed by atoms with Gasteiger partial charge >= 0.3 is 5.97 Å². The van der Waals surface area contributed by atoms with E-state index >= 15 is 0 Å². The zero-order valence-corrected chi connectivity index (χ0v) is 9.03. The van der Waals surface area contributed by atoms with Crippen LogP contribution in [0.25, 0.3) is 0 Å². The molecule has 0 aromatic heterocycles. The lowest BCUT2D eigenvalue weighted by molar-refractivity contribution is -0.146. The van der Waals surface area contributed by atoms with Crippen LogP contribution in [0, 0.1) is 0 Å². The van der Waals surface area contributed by atoms with Crippen molar-refractivity contribution in [3.05, 3.63) is 25.3 Å². The third kappa shape index (κ3) is 6.45. The highest BCUT2D eigenvalue weighted by Crippen LogP contribution is 1.92. The lowest BCUT2D eigenvalue weighted by Gasteiger charge is -2.21. The van der Waals surface area contributed by atoms with Gasteiger partial charge < -0.3 is 15.0 Å². The van der Waals surface area contributed by atoms with Crippen molar-refractivity contribution in [3.63, 3.8) is 0 Å². The van der Waals surface area contributed by atoms with Gasteiger partial charge in [0.05, 0.1) is 6.54 Å². The smallest absolute Gasteiger partial charge is 0.332 e. The number of carbonyl (C=O) groups excluding carboxylic acids is 2. The molecule has 5 nitrogen and oxygen atoms in total. The van der Waals surface area contributed by atoms with Crippen molar-refractivity contribution in [2.45, 2.75) is 6.23 Å². The second-order valence-electron chi connectivity index (χ2n) is 3.10. The van der Waals surface area contributed by atoms with Crippen molar-refractivity contribution in [2.24, 2.45) is 0 Å². The Labute approximate surface area is 89.4 Å². The maximum atomic E-state index is 11.0. The second kappa shape index (κ2) is 6.78. The Bertz CT molecular complexity index is 239. The first-order valence-electron chi connectivity index (χ1n) is 4.40. The van der Waals surface area contributed by atoms with Crippen LogP contribution in [-0.2, 0) is 14.3 Å². The Morgan fingerprint density at radius 1 is 1.40 bits per heavy atom. The molecule has 0 saturated heterocycles. The fraction of sp³-hybridized carbons (Fsp3) is 0.400. The zero-order valence-electron chi connectivity index (χ0n) is 9.03. The van der Waals surface area contributed by atoms with Crippen molar-refractivity contribution >= 4 is 11.9 Å². The zero-order chi connectivity index (χ0) is 11.8. The van der Waals surface area contributed by atoms with Gasteiger partial charge in [-0.3, -0.25) is 4.79 Å². The van der Waals surface area contributed by atoms with E-state index < -0.39 is 18.1 Å². The summed E-state index contributed by atoms with van der Waals surface area (Å²) in [6.07, 6.45) is 1.46. The van der Waals surface area contributed by atoms with Gasteiger partial charge in [-0.1, -0.05) is 13.2 Å². The molecule has 1 atom stereocenters. The fourth-order valence-corrected chi connectivity index (χ4v) is 0.850. The quantitative estimate of drug-likeness (QED) is 0.379. The number of hydrogen-bond acceptors (Lipinski definition) is 4. The Kier molecular flexibility index (Phi) is 6.05. The van der Waals surface area contributed by atoms with Gasteiger partial charge in [-0.2, -0.15) is 0 Å². The minimum atomic E-state index is -0.698. The summed E-state index contributed by atoms with van der Waals surface area (Å²) in [5.74, 6) is -0.968. The predicted molar refractivity (Wildman–Crippen MR) is 57.0 cm³/mol. The Morgan fingerprint density at radius 2 is 2.00 bits per heavy atom. The highest BCUT2D eigenvalue weighted by atomic mass is 16.6. The van der Waals surface area contributed by atoms with Crippen LogP contribution in [0.5, 0.6) is 0 Å². The third-order valence-corrected chi connectivity index (χ3v) is 1.44. The summed E-state index contributed by atoms with van der Waals surface area (Å²) >= 11 is 0. The summed E-state index contributed by atoms with van der Waals surface area (Å²) in [4.78, 5) is 23.7. The molecule has 0 rings (SSSR count). The van der Waals surface area contributed by atoms with E-state index in [-0.39, 0.29) is 0 Å². The molecule has 0 aliphatic heterocycles. The van der Waals surface area contributed by atoms with Crippen LogP contribution in [-0.4, -0.2) is 43.6 Å². The lowest BCUT2D eigenvalue weighted by Crippen LogP contribution is -2.43. The highest BCUT2D eigenvalue weighted by Gasteiger charge is 2.14. The molecular weight excluding hydrogens is 196 g/mol. The van der Waals surface area contributed by atoms with Crippen molar-refractivity contribution < 1.29 is 14.3 Å². The molecule has 0 saturated carbocycles. The maximum absolute atomic E-state index is 11.0. The topological polar surface area (TPSA) is 58.6 Å². The van der Waals surface area contributed by atoms with E-state index in [2.05, 4.69) is 18.5 Å². The molecule has 0 aliphatic rings. The largest absolute Gasteiger partial charge is 0.437 e. The lowest BCUT2D eigenvalue weighted by atomic mass is 10.4. The van der Waals surface area contributed by atoms with Crippen LogP contribution in [0.2, 0.25) is 0 Å². The van der Waals surface area contributed by atoms with Gasteiger partial charge in [0, 0.05) is 6.08 Å². The van der Waals surface area contributed by atoms with E-state index in [1.807, 2.05) is 0 Å². The minimum absolute atomic E-state index is 0.388. The molecule has 1 unspecified atom stereocenters. The number of likely N-dealkylation sites (N-methyl/N-ethyl adjacent to an activating group) is 1. The Balaban J connectivity index is 4.29. The predicted octanol–water partition coefficient (Wildman–Crippen LogP) is -0.0945. The molecule has 0 aliphatic carbocycles. The van der Waals surface area contributed by atoms with Crippen LogP contribution >= 0.6 is 0 Å². The van der Waals surface area contributed by atoms with Crippen LogP contribution in [0.4, 0.5) is 0 Å². The van der Waals surface area contributed by atoms with E-state index in [0.717, 1.165) is 12.2 Å². The van der Waals surface area contributed by atoms with Gasteiger partial charge in [0.15, 0.2) is 6.23 Å². The standard InChI is InChI=1S/C10H16N2O3/c1-5-8(13)11-9(7-12(3)4)15-10(14)6-2/h5-6,9H,1-2,7H2,3-4H3,(H,11,13). The summed E-state index contributed by atoms with van der Waals surface area (Å²) in [6.45, 7) is 6.97. The summed E-state index contributed by atoms with van der Waals surface area (Å²) in [7, 11) is 3.60. The molecular formula is C10H16N2O3. The molecule has 5 heteroatoms. The van der Waals surface area contributed by atoms with E-state index in [0.29, 0.717) is 6.54 Å². The van der Waals surface area contributed by atoms with Crippen LogP contribution in [0.3, 0.4) is 0 Å². The summed E-state index contributed by atoms with van der Waals surface area (Å²) in [6, 6.07) is 0. The highest BCUT2D eigenvalue weighted by molar-refractivity contribution is 5.87. The molecule has 1 amide bonds. The minimum Gasteiger partial charge on any atom is -0.437 e. The Morgan fingerprint density at radius 3 is 2.40 bits per heavy atom. The van der Waals surface area contributed by atoms with Crippen molar-refractivity contribution in [3.8, 4) is 0 Å². The molecule has 0 aromatic rings. The van der Waals surface area contributed by atoms with E-state index in [9.17, 15) is 9.59 Å². The van der Waals surface area contributed by atoms with E-state index in [1.54, 1.807) is 19.0 Å². The summed E-state index contributed by atoms with van der Waals surface area (Å²) in [5.41, 5.74) is 0. The number of amides is 1. The molecule has 0 bridgehead atoms. The number of rotatable bonds is 6. The summed E-state index contributed by atoms with van der Waals surface area (Å²) < 4.78 is 4.90. The second-order valence-corrected chi connectivity index (χ2v) is 3.10. The summed E-state index contributed by atoms with van der Waals surface area (Å²) in [5, 5.41) is 2.47.